The van der Waals surface area contributed by atoms with E-state index in [1.54, 1.807) is 0 Å². The second-order valence-corrected chi connectivity index (χ2v) is 9.78. The number of hydrogen-bond acceptors (Lipinski definition) is 6. The van der Waals surface area contributed by atoms with Crippen molar-refractivity contribution in [2.75, 3.05) is 17.2 Å². The molecule has 0 aliphatic heterocycles. The quantitative estimate of drug-likeness (QED) is 0.369. The molecule has 184 valence electrons. The molecule has 3 aromatic heterocycles. The van der Waals surface area contributed by atoms with E-state index in [2.05, 4.69) is 9.97 Å². The zero-order valence-electron chi connectivity index (χ0n) is 20.2. The van der Waals surface area contributed by atoms with E-state index >= 15 is 0 Å². The second-order valence-electron chi connectivity index (χ2n) is 8.95. The Morgan fingerprint density at radius 2 is 1.97 bits per heavy atom. The number of amides is 1. The summed E-state index contributed by atoms with van der Waals surface area (Å²) in [6, 6.07) is 9.85. The third-order valence-electron chi connectivity index (χ3n) is 5.75. The maximum atomic E-state index is 13.6. The monoisotopic (exact) mass is 494 g/mol. The van der Waals surface area contributed by atoms with E-state index in [0.29, 0.717) is 19.5 Å². The molecule has 1 aromatic carbocycles. The summed E-state index contributed by atoms with van der Waals surface area (Å²) >= 11 is 1.46. The van der Waals surface area contributed by atoms with Crippen LogP contribution < -0.4 is 21.9 Å². The lowest BCUT2D eigenvalue weighted by atomic mass is 10.2. The van der Waals surface area contributed by atoms with E-state index in [0.717, 1.165) is 28.3 Å². The maximum absolute atomic E-state index is 13.6. The Kier molecular flexibility index (Phi) is 7.20. The third-order valence-corrected chi connectivity index (χ3v) is 6.64. The van der Waals surface area contributed by atoms with Crippen molar-refractivity contribution in [3.63, 3.8) is 0 Å². The summed E-state index contributed by atoms with van der Waals surface area (Å²) in [6.07, 6.45) is 3.51. The molecule has 1 amide bonds. The van der Waals surface area contributed by atoms with E-state index < -0.39 is 11.2 Å². The fraction of sp³-hybridized carbons (Fsp3) is 0.360. The third kappa shape index (κ3) is 5.07. The zero-order chi connectivity index (χ0) is 25.1. The molecule has 0 saturated carbocycles. The molecule has 10 heteroatoms. The molecule has 0 spiro atoms. The Balaban J connectivity index is 1.70. The topological polar surface area (TPSA) is 118 Å². The largest absolute Gasteiger partial charge is 0.383 e. The normalized spacial score (nSPS) is 11.4. The minimum Gasteiger partial charge on any atom is -0.383 e. The fourth-order valence-electron chi connectivity index (χ4n) is 4.02. The van der Waals surface area contributed by atoms with Gasteiger partial charge in [-0.2, -0.15) is 0 Å². The van der Waals surface area contributed by atoms with Crippen LogP contribution in [0.2, 0.25) is 0 Å². The van der Waals surface area contributed by atoms with Crippen LogP contribution >= 0.6 is 11.3 Å². The zero-order valence-corrected chi connectivity index (χ0v) is 21.0. The van der Waals surface area contributed by atoms with Crippen molar-refractivity contribution in [2.45, 2.75) is 46.6 Å². The molecular formula is C25H30N6O3S. The van der Waals surface area contributed by atoms with Gasteiger partial charge in [0.15, 0.2) is 10.6 Å². The van der Waals surface area contributed by atoms with Crippen molar-refractivity contribution in [1.29, 1.82) is 0 Å². The lowest BCUT2D eigenvalue weighted by Crippen LogP contribution is -2.42. The number of nitrogens with two attached hydrogens (primary N) is 1. The molecule has 4 rings (SSSR count). The molecule has 0 bridgehead atoms. The first-order valence-corrected chi connectivity index (χ1v) is 12.6. The van der Waals surface area contributed by atoms with Gasteiger partial charge in [-0.15, -0.1) is 11.3 Å². The summed E-state index contributed by atoms with van der Waals surface area (Å²) in [6.45, 7) is 6.58. The van der Waals surface area contributed by atoms with Crippen LogP contribution in [0.25, 0.3) is 16.2 Å². The highest BCUT2D eigenvalue weighted by Crippen LogP contribution is 2.25. The number of aromatic amines is 1. The molecule has 0 fully saturated rings. The summed E-state index contributed by atoms with van der Waals surface area (Å²) in [4.78, 5) is 48.0. The van der Waals surface area contributed by atoms with Crippen LogP contribution in [0.5, 0.6) is 0 Å². The molecule has 0 atom stereocenters. The lowest BCUT2D eigenvalue weighted by Gasteiger charge is -2.25. The summed E-state index contributed by atoms with van der Waals surface area (Å²) in [5, 5.41) is 1.90. The van der Waals surface area contributed by atoms with Crippen molar-refractivity contribution in [3.05, 3.63) is 68.4 Å². The van der Waals surface area contributed by atoms with Crippen LogP contribution in [-0.4, -0.2) is 31.4 Å². The molecular weight excluding hydrogens is 464 g/mol. The van der Waals surface area contributed by atoms with Crippen LogP contribution in [0.15, 0.2) is 51.5 Å². The molecule has 4 aromatic rings. The highest BCUT2D eigenvalue weighted by atomic mass is 32.1. The highest BCUT2D eigenvalue weighted by molar-refractivity contribution is 7.15. The number of rotatable bonds is 9. The Bertz CT molecular complexity index is 1450. The highest BCUT2D eigenvalue weighted by Gasteiger charge is 2.25. The summed E-state index contributed by atoms with van der Waals surface area (Å²) in [5.41, 5.74) is 7.72. The Morgan fingerprint density at radius 1 is 1.23 bits per heavy atom. The number of nitrogen functional groups attached to an aromatic ring is 1. The Labute approximate surface area is 206 Å². The minimum absolute atomic E-state index is 0.0152. The molecule has 0 saturated heterocycles. The molecule has 35 heavy (non-hydrogen) atoms. The van der Waals surface area contributed by atoms with Crippen LogP contribution in [0.4, 0.5) is 11.5 Å². The van der Waals surface area contributed by atoms with Crippen molar-refractivity contribution in [3.8, 4) is 11.3 Å². The second kappa shape index (κ2) is 10.3. The van der Waals surface area contributed by atoms with Gasteiger partial charge in [0.1, 0.15) is 5.82 Å². The molecule has 0 unspecified atom stereocenters. The number of fused-ring (bicyclic) bond motifs is 1. The van der Waals surface area contributed by atoms with E-state index in [9.17, 15) is 14.4 Å². The predicted molar refractivity (Wildman–Crippen MR) is 140 cm³/mol. The van der Waals surface area contributed by atoms with Crippen LogP contribution in [0, 0.1) is 5.92 Å². The van der Waals surface area contributed by atoms with E-state index in [1.165, 1.54) is 20.8 Å². The number of carbonyl (C=O) groups excluding carboxylic acids is 1. The van der Waals surface area contributed by atoms with Gasteiger partial charge in [0.2, 0.25) is 5.91 Å². The lowest BCUT2D eigenvalue weighted by molar-refractivity contribution is -0.118. The van der Waals surface area contributed by atoms with E-state index in [1.807, 2.05) is 67.1 Å². The van der Waals surface area contributed by atoms with Crippen molar-refractivity contribution in [1.82, 2.24) is 18.9 Å². The van der Waals surface area contributed by atoms with E-state index in [-0.39, 0.29) is 29.8 Å². The molecule has 0 aliphatic carbocycles. The number of hydrogen-bond donors (Lipinski definition) is 2. The number of aromatic nitrogens is 4. The van der Waals surface area contributed by atoms with Gasteiger partial charge in [-0.05, 0) is 12.3 Å². The van der Waals surface area contributed by atoms with Crippen LogP contribution in [-0.2, 0) is 17.8 Å². The number of benzene rings is 1. The first-order valence-electron chi connectivity index (χ1n) is 11.7. The number of thiazole rings is 1. The number of nitrogens with one attached hydrogen (secondary N) is 1. The number of anilines is 2. The molecule has 0 aliphatic rings. The molecule has 9 nitrogen and oxygen atoms in total. The van der Waals surface area contributed by atoms with Gasteiger partial charge in [-0.25, -0.2) is 9.78 Å². The first-order chi connectivity index (χ1) is 16.8. The standard InChI is InChI=1S/C25H30N6O3S/c1-4-5-11-29(21-22(26)31(13-16(2)3)24(34)28-23(21)33)20(32)12-18-15-35-25-27-19(14-30(18)25)17-9-7-6-8-10-17/h6-10,14-16H,4-5,11-13,26H2,1-3H3,(H,28,33,34). The summed E-state index contributed by atoms with van der Waals surface area (Å²) < 4.78 is 3.24. The van der Waals surface area contributed by atoms with Gasteiger partial charge in [-0.1, -0.05) is 57.5 Å². The van der Waals surface area contributed by atoms with Gasteiger partial charge in [0, 0.05) is 35.9 Å². The predicted octanol–water partition coefficient (Wildman–Crippen LogP) is 3.53. The van der Waals surface area contributed by atoms with Gasteiger partial charge in [-0.3, -0.25) is 23.5 Å². The Hall–Kier alpha value is -3.66. The first kappa shape index (κ1) is 24.5. The number of imidazole rings is 1. The van der Waals surface area contributed by atoms with Gasteiger partial charge in [0.05, 0.1) is 12.1 Å². The van der Waals surface area contributed by atoms with Crippen molar-refractivity contribution >= 4 is 33.7 Å². The Morgan fingerprint density at radius 3 is 2.66 bits per heavy atom. The van der Waals surface area contributed by atoms with E-state index in [4.69, 9.17) is 5.73 Å². The number of H-pyrrole nitrogens is 1. The number of unbranched alkanes of at least 4 members (excludes halogenated alkanes) is 1. The minimum atomic E-state index is -0.651. The SMILES string of the molecule is CCCCN(C(=O)Cc1csc2nc(-c3ccccc3)cn12)c1c(N)n(CC(C)C)c(=O)[nH]c1=O. The van der Waals surface area contributed by atoms with Crippen LogP contribution in [0.1, 0.15) is 39.3 Å². The molecule has 3 heterocycles. The number of carbonyl (C=O) groups is 1. The van der Waals surface area contributed by atoms with Crippen molar-refractivity contribution < 1.29 is 4.79 Å². The van der Waals surface area contributed by atoms with Crippen molar-refractivity contribution in [2.24, 2.45) is 5.92 Å². The smallest absolute Gasteiger partial charge is 0.330 e. The molecule has 3 N–H and O–H groups in total. The maximum Gasteiger partial charge on any atom is 0.330 e. The average molecular weight is 495 g/mol. The van der Waals surface area contributed by atoms with Gasteiger partial charge in [0.25, 0.3) is 5.56 Å². The van der Waals surface area contributed by atoms with Gasteiger partial charge < -0.3 is 10.6 Å². The fourth-order valence-corrected chi connectivity index (χ4v) is 4.89. The number of nitrogens with zero attached hydrogens (tertiary/aromatic N) is 4. The van der Waals surface area contributed by atoms with Crippen LogP contribution in [0.3, 0.4) is 0 Å². The summed E-state index contributed by atoms with van der Waals surface area (Å²) in [7, 11) is 0. The molecule has 0 radical (unpaired) electrons. The van der Waals surface area contributed by atoms with Gasteiger partial charge >= 0.3 is 5.69 Å². The summed E-state index contributed by atoms with van der Waals surface area (Å²) in [5.74, 6) is -0.117. The average Bonchev–Trinajstić information content (AvgIpc) is 3.41.